The van der Waals surface area contributed by atoms with Crippen LogP contribution in [0.3, 0.4) is 0 Å². The van der Waals surface area contributed by atoms with Crippen molar-refractivity contribution in [3.8, 4) is 21.7 Å². The average molecular weight is 364 g/mol. The van der Waals surface area contributed by atoms with E-state index in [1.807, 2.05) is 36.7 Å². The minimum absolute atomic E-state index is 0.349. The van der Waals surface area contributed by atoms with Crippen LogP contribution in [-0.2, 0) is 0 Å². The number of pyridine rings is 1. The number of hydrogen-bond acceptors (Lipinski definition) is 4. The van der Waals surface area contributed by atoms with Gasteiger partial charge < -0.3 is 0 Å². The first-order valence-electron chi connectivity index (χ1n) is 7.48. The Morgan fingerprint density at radius 3 is 2.57 bits per heavy atom. The van der Waals surface area contributed by atoms with Crippen LogP contribution in [0.15, 0.2) is 41.7 Å². The first-order valence-corrected chi connectivity index (χ1v) is 9.90. The predicted molar refractivity (Wildman–Crippen MR) is 101 cm³/mol. The van der Waals surface area contributed by atoms with Crippen molar-refractivity contribution in [2.24, 2.45) is 0 Å². The molecule has 120 valence electrons. The van der Waals surface area contributed by atoms with E-state index in [2.05, 4.69) is 29.8 Å². The first-order chi connectivity index (χ1) is 11.2. The van der Waals surface area contributed by atoms with Gasteiger partial charge in [-0.2, -0.15) is 5.10 Å². The fourth-order valence-electron chi connectivity index (χ4n) is 2.48. The summed E-state index contributed by atoms with van der Waals surface area (Å²) in [6.07, 6.45) is 6.79. The van der Waals surface area contributed by atoms with Gasteiger partial charge in [0.05, 0.1) is 15.3 Å². The zero-order valence-electron chi connectivity index (χ0n) is 13.3. The molecule has 0 N–H and O–H groups in total. The normalized spacial score (nSPS) is 12.5. The van der Waals surface area contributed by atoms with Crippen LogP contribution >= 0.6 is 34.7 Å². The van der Waals surface area contributed by atoms with Crippen molar-refractivity contribution in [3.05, 3.63) is 41.0 Å². The van der Waals surface area contributed by atoms with Crippen molar-refractivity contribution in [2.45, 2.75) is 31.3 Å². The summed E-state index contributed by atoms with van der Waals surface area (Å²) in [5.41, 5.74) is 3.30. The van der Waals surface area contributed by atoms with Gasteiger partial charge in [-0.3, -0.25) is 9.67 Å². The maximum atomic E-state index is 6.15. The zero-order chi connectivity index (χ0) is 16.4. The summed E-state index contributed by atoms with van der Waals surface area (Å²) in [6, 6.07) is 8.40. The van der Waals surface area contributed by atoms with Gasteiger partial charge in [-0.05, 0) is 49.4 Å². The van der Waals surface area contributed by atoms with Crippen LogP contribution in [0, 0.1) is 0 Å². The van der Waals surface area contributed by atoms with Crippen LogP contribution in [0.25, 0.3) is 21.7 Å². The Balaban J connectivity index is 2.27. The van der Waals surface area contributed by atoms with Crippen molar-refractivity contribution in [1.29, 1.82) is 0 Å². The number of thiophene rings is 1. The van der Waals surface area contributed by atoms with Gasteiger partial charge >= 0.3 is 0 Å². The van der Waals surface area contributed by atoms with Gasteiger partial charge in [0.25, 0.3) is 0 Å². The molecule has 3 nitrogen and oxygen atoms in total. The number of halogens is 1. The van der Waals surface area contributed by atoms with Crippen LogP contribution in [0.4, 0.5) is 0 Å². The molecule has 0 aliphatic heterocycles. The highest BCUT2D eigenvalue weighted by molar-refractivity contribution is 7.98. The maximum Gasteiger partial charge on any atom is 0.111 e. The molecule has 1 atom stereocenters. The summed E-state index contributed by atoms with van der Waals surface area (Å²) in [6.45, 7) is 4.39. The van der Waals surface area contributed by atoms with Crippen molar-refractivity contribution in [1.82, 2.24) is 14.8 Å². The molecule has 6 heteroatoms. The van der Waals surface area contributed by atoms with Crippen LogP contribution in [0.5, 0.6) is 0 Å². The Hall–Kier alpha value is -1.30. The highest BCUT2D eigenvalue weighted by Gasteiger charge is 2.23. The lowest BCUT2D eigenvalue weighted by molar-refractivity contribution is 0.447. The molecule has 0 bridgehead atoms. The van der Waals surface area contributed by atoms with Crippen LogP contribution < -0.4 is 0 Å². The number of thioether (sulfide) groups is 1. The highest BCUT2D eigenvalue weighted by atomic mass is 35.5. The van der Waals surface area contributed by atoms with Crippen molar-refractivity contribution < 1.29 is 0 Å². The lowest BCUT2D eigenvalue weighted by atomic mass is 10.1. The van der Waals surface area contributed by atoms with Gasteiger partial charge in [-0.15, -0.1) is 23.1 Å². The van der Waals surface area contributed by atoms with Crippen molar-refractivity contribution in [3.63, 3.8) is 0 Å². The summed E-state index contributed by atoms with van der Waals surface area (Å²) in [7, 11) is 0. The topological polar surface area (TPSA) is 30.7 Å². The lowest BCUT2D eigenvalue weighted by Gasteiger charge is -2.13. The summed E-state index contributed by atoms with van der Waals surface area (Å²) in [5, 5.41) is 6.12. The molecule has 0 aliphatic carbocycles. The SMILES string of the molecule is CCC(C)n1nc(-c2ccc(Cl)s2)c(-c2ccncc2)c1SC. The summed E-state index contributed by atoms with van der Waals surface area (Å²) in [4.78, 5) is 5.23. The van der Waals surface area contributed by atoms with E-state index >= 15 is 0 Å². The first kappa shape index (κ1) is 16.6. The van der Waals surface area contributed by atoms with Gasteiger partial charge in [-0.1, -0.05) is 18.5 Å². The Bertz CT molecular complexity index is 796. The standard InChI is InChI=1S/C17H18ClN3S2/c1-4-11(2)21-17(22-3)15(12-7-9-19-10-8-12)16(20-21)13-5-6-14(18)23-13/h5-11H,4H2,1-3H3. The van der Waals surface area contributed by atoms with Gasteiger partial charge in [0.1, 0.15) is 10.7 Å². The molecule has 3 rings (SSSR count). The Morgan fingerprint density at radius 1 is 1.26 bits per heavy atom. The van der Waals surface area contributed by atoms with Crippen molar-refractivity contribution in [2.75, 3.05) is 6.26 Å². The highest BCUT2D eigenvalue weighted by Crippen LogP contribution is 2.42. The molecule has 0 radical (unpaired) electrons. The Morgan fingerprint density at radius 2 is 2.00 bits per heavy atom. The number of aromatic nitrogens is 3. The molecule has 0 fully saturated rings. The summed E-state index contributed by atoms with van der Waals surface area (Å²) < 4.78 is 2.92. The third kappa shape index (κ3) is 3.18. The predicted octanol–water partition coefficient (Wildman–Crippen LogP) is 6.02. The monoisotopic (exact) mass is 363 g/mol. The van der Waals surface area contributed by atoms with E-state index in [1.165, 1.54) is 10.6 Å². The summed E-state index contributed by atoms with van der Waals surface area (Å²) >= 11 is 9.45. The molecule has 3 aromatic rings. The molecule has 0 saturated heterocycles. The molecule has 23 heavy (non-hydrogen) atoms. The van der Waals surface area contributed by atoms with E-state index in [1.54, 1.807) is 23.1 Å². The third-order valence-corrected chi connectivity index (χ3v) is 5.86. The van der Waals surface area contributed by atoms with Gasteiger partial charge in [0.15, 0.2) is 0 Å². The number of nitrogens with zero attached hydrogens (tertiary/aromatic N) is 3. The third-order valence-electron chi connectivity index (χ3n) is 3.84. The molecular formula is C17H18ClN3S2. The Kier molecular flexibility index (Phi) is 5.09. The molecular weight excluding hydrogens is 346 g/mol. The van der Waals surface area contributed by atoms with E-state index in [0.717, 1.165) is 26.9 Å². The van der Waals surface area contributed by atoms with Gasteiger partial charge in [0, 0.05) is 18.0 Å². The van der Waals surface area contributed by atoms with Gasteiger partial charge in [-0.25, -0.2) is 0 Å². The van der Waals surface area contributed by atoms with Crippen molar-refractivity contribution >= 4 is 34.7 Å². The molecule has 0 amide bonds. The molecule has 0 spiro atoms. The maximum absolute atomic E-state index is 6.15. The molecule has 0 aliphatic rings. The van der Waals surface area contributed by atoms with Crippen LogP contribution in [-0.4, -0.2) is 21.0 Å². The number of hydrogen-bond donors (Lipinski definition) is 0. The van der Waals surface area contributed by atoms with E-state index < -0.39 is 0 Å². The average Bonchev–Trinajstić information content (AvgIpc) is 3.18. The fourth-order valence-corrected chi connectivity index (χ4v) is 4.34. The lowest BCUT2D eigenvalue weighted by Crippen LogP contribution is -2.07. The van der Waals surface area contributed by atoms with E-state index in [4.69, 9.17) is 16.7 Å². The molecule has 0 saturated carbocycles. The molecule has 1 unspecified atom stereocenters. The van der Waals surface area contributed by atoms with E-state index in [9.17, 15) is 0 Å². The minimum atomic E-state index is 0.349. The summed E-state index contributed by atoms with van der Waals surface area (Å²) in [5.74, 6) is 0. The second-order valence-corrected chi connectivity index (χ2v) is 7.78. The second kappa shape index (κ2) is 7.07. The number of rotatable bonds is 5. The van der Waals surface area contributed by atoms with Gasteiger partial charge in [0.2, 0.25) is 0 Å². The smallest absolute Gasteiger partial charge is 0.111 e. The van der Waals surface area contributed by atoms with Crippen LogP contribution in [0.2, 0.25) is 4.34 Å². The quantitative estimate of drug-likeness (QED) is 0.519. The second-order valence-electron chi connectivity index (χ2n) is 5.27. The Labute approximate surface area is 149 Å². The molecule has 0 aromatic carbocycles. The molecule has 3 heterocycles. The fraction of sp³-hybridized carbons (Fsp3) is 0.294. The van der Waals surface area contributed by atoms with E-state index in [0.29, 0.717) is 6.04 Å². The van der Waals surface area contributed by atoms with Crippen LogP contribution in [0.1, 0.15) is 26.3 Å². The zero-order valence-corrected chi connectivity index (χ0v) is 15.7. The minimum Gasteiger partial charge on any atom is -0.265 e. The largest absolute Gasteiger partial charge is 0.265 e. The molecule has 3 aromatic heterocycles. The van der Waals surface area contributed by atoms with E-state index in [-0.39, 0.29) is 0 Å².